The molecule has 0 fully saturated rings. The number of ether oxygens (including phenoxy) is 1. The quantitative estimate of drug-likeness (QED) is 0.560. The van der Waals surface area contributed by atoms with Crippen molar-refractivity contribution in [3.63, 3.8) is 0 Å². The number of alkyl halides is 3. The van der Waals surface area contributed by atoms with Crippen molar-refractivity contribution in [2.24, 2.45) is 0 Å². The minimum absolute atomic E-state index is 0.00692. The Labute approximate surface area is 125 Å². The van der Waals surface area contributed by atoms with Crippen molar-refractivity contribution in [2.75, 3.05) is 6.61 Å². The summed E-state index contributed by atoms with van der Waals surface area (Å²) in [5.41, 5.74) is 0.00692. The van der Waals surface area contributed by atoms with Gasteiger partial charge in [0.25, 0.3) is 9.05 Å². The van der Waals surface area contributed by atoms with E-state index < -0.39 is 28.3 Å². The topological polar surface area (TPSA) is 61.2 Å². The molecule has 0 unspecified atom stereocenters. The molecule has 0 amide bonds. The molecule has 21 heavy (non-hydrogen) atoms. The Morgan fingerprint density at radius 3 is 2.57 bits per heavy atom. The van der Waals surface area contributed by atoms with E-state index in [2.05, 4.69) is 5.10 Å². The molecule has 0 aromatic carbocycles. The number of nitrogens with zero attached hydrogens (tertiary/aromatic N) is 2. The third-order valence-electron chi connectivity index (χ3n) is 2.84. The van der Waals surface area contributed by atoms with Crippen molar-refractivity contribution in [1.29, 1.82) is 0 Å². The summed E-state index contributed by atoms with van der Waals surface area (Å²) >= 11 is 0. The molecule has 0 N–H and O–H groups in total. The maximum Gasteiger partial charge on any atom is 0.391 e. The molecule has 1 heterocycles. The first kappa shape index (κ1) is 18.2. The minimum Gasteiger partial charge on any atom is -0.375 e. The summed E-state index contributed by atoms with van der Waals surface area (Å²) in [6.07, 6.45) is -3.46. The molecule has 0 aliphatic carbocycles. The molecule has 122 valence electrons. The molecule has 10 heteroatoms. The van der Waals surface area contributed by atoms with E-state index in [1.807, 2.05) is 13.8 Å². The van der Waals surface area contributed by atoms with E-state index in [1.165, 1.54) is 10.9 Å². The van der Waals surface area contributed by atoms with E-state index in [-0.39, 0.29) is 23.2 Å². The zero-order chi connectivity index (χ0) is 16.3. The van der Waals surface area contributed by atoms with Crippen LogP contribution in [0.5, 0.6) is 0 Å². The largest absolute Gasteiger partial charge is 0.391 e. The van der Waals surface area contributed by atoms with Gasteiger partial charge in [0.2, 0.25) is 0 Å². The Morgan fingerprint density at radius 2 is 2.10 bits per heavy atom. The third kappa shape index (κ3) is 5.84. The van der Waals surface area contributed by atoms with Crippen LogP contribution in [0.1, 0.15) is 38.4 Å². The molecular weight excluding hydrogens is 333 g/mol. The second-order valence-corrected chi connectivity index (χ2v) is 7.07. The summed E-state index contributed by atoms with van der Waals surface area (Å²) in [5, 5.41) is 4.03. The number of hydrogen-bond acceptors (Lipinski definition) is 4. The van der Waals surface area contributed by atoms with Crippen molar-refractivity contribution < 1.29 is 26.3 Å². The summed E-state index contributed by atoms with van der Waals surface area (Å²) in [7, 11) is 1.26. The van der Waals surface area contributed by atoms with Gasteiger partial charge in [0, 0.05) is 22.9 Å². The Bertz CT molecular complexity index is 572. The molecular formula is C11H16ClF3N2O3S. The van der Waals surface area contributed by atoms with Crippen molar-refractivity contribution in [3.8, 4) is 0 Å². The zero-order valence-electron chi connectivity index (χ0n) is 11.5. The molecule has 0 aliphatic heterocycles. The Morgan fingerprint density at radius 1 is 1.48 bits per heavy atom. The van der Waals surface area contributed by atoms with Crippen molar-refractivity contribution in [2.45, 2.75) is 50.4 Å². The van der Waals surface area contributed by atoms with E-state index >= 15 is 0 Å². The van der Waals surface area contributed by atoms with Crippen LogP contribution >= 0.6 is 10.7 Å². The van der Waals surface area contributed by atoms with Gasteiger partial charge in [0.1, 0.15) is 10.6 Å². The van der Waals surface area contributed by atoms with Crippen molar-refractivity contribution >= 4 is 19.7 Å². The van der Waals surface area contributed by atoms with Crippen molar-refractivity contribution in [3.05, 3.63) is 11.9 Å². The normalized spacial score (nSPS) is 14.4. The number of rotatable bonds is 7. The number of aromatic nitrogens is 2. The van der Waals surface area contributed by atoms with Crippen LogP contribution in [0.3, 0.4) is 0 Å². The van der Waals surface area contributed by atoms with Crippen LogP contribution in [0.25, 0.3) is 0 Å². The van der Waals surface area contributed by atoms with Gasteiger partial charge in [-0.1, -0.05) is 6.92 Å². The molecule has 0 radical (unpaired) electrons. The summed E-state index contributed by atoms with van der Waals surface area (Å²) in [5.74, 6) is 0. The van der Waals surface area contributed by atoms with Gasteiger partial charge in [-0.25, -0.2) is 8.42 Å². The highest BCUT2D eigenvalue weighted by Gasteiger charge is 2.27. The first-order valence-electron chi connectivity index (χ1n) is 6.21. The maximum atomic E-state index is 12.0. The average molecular weight is 349 g/mol. The fourth-order valence-corrected chi connectivity index (χ4v) is 2.49. The van der Waals surface area contributed by atoms with Gasteiger partial charge >= 0.3 is 6.18 Å². The molecule has 1 aromatic heterocycles. The predicted molar refractivity (Wildman–Crippen MR) is 70.6 cm³/mol. The van der Waals surface area contributed by atoms with Crippen LogP contribution in [0.2, 0.25) is 0 Å². The van der Waals surface area contributed by atoms with Crippen LogP contribution < -0.4 is 0 Å². The van der Waals surface area contributed by atoms with Gasteiger partial charge in [0.15, 0.2) is 0 Å². The van der Waals surface area contributed by atoms with Gasteiger partial charge in [-0.3, -0.25) is 4.68 Å². The molecule has 1 rings (SSSR count). The summed E-state index contributed by atoms with van der Waals surface area (Å²) in [4.78, 5) is -0.239. The van der Waals surface area contributed by atoms with E-state index in [1.54, 1.807) is 0 Å². The van der Waals surface area contributed by atoms with Gasteiger partial charge in [-0.05, 0) is 13.3 Å². The van der Waals surface area contributed by atoms with Crippen LogP contribution in [-0.2, 0) is 20.4 Å². The molecule has 0 spiro atoms. The monoisotopic (exact) mass is 348 g/mol. The lowest BCUT2D eigenvalue weighted by atomic mass is 10.3. The minimum atomic E-state index is -4.32. The van der Waals surface area contributed by atoms with Crippen LogP contribution in [0.4, 0.5) is 13.2 Å². The number of halogens is 4. The highest BCUT2D eigenvalue weighted by molar-refractivity contribution is 8.13. The highest BCUT2D eigenvalue weighted by atomic mass is 35.7. The molecule has 1 aromatic rings. The number of hydrogen-bond donors (Lipinski definition) is 0. The van der Waals surface area contributed by atoms with E-state index in [9.17, 15) is 21.6 Å². The summed E-state index contributed by atoms with van der Waals surface area (Å²) < 4.78 is 65.1. The smallest absolute Gasteiger partial charge is 0.375 e. The maximum absolute atomic E-state index is 12.0. The molecule has 0 bridgehead atoms. The Hall–Kier alpha value is -0.800. The molecule has 0 saturated heterocycles. The Balaban J connectivity index is 2.82. The zero-order valence-corrected chi connectivity index (χ0v) is 13.1. The second-order valence-electron chi connectivity index (χ2n) is 4.53. The van der Waals surface area contributed by atoms with Gasteiger partial charge in [0.05, 0.1) is 19.6 Å². The van der Waals surface area contributed by atoms with E-state index in [0.717, 1.165) is 0 Å². The van der Waals surface area contributed by atoms with Crippen LogP contribution in [0.15, 0.2) is 11.1 Å². The van der Waals surface area contributed by atoms with Crippen LogP contribution in [0, 0.1) is 0 Å². The molecule has 1 atom stereocenters. The molecule has 0 saturated carbocycles. The average Bonchev–Trinajstić information content (AvgIpc) is 2.76. The van der Waals surface area contributed by atoms with Gasteiger partial charge in [-0.2, -0.15) is 18.3 Å². The van der Waals surface area contributed by atoms with E-state index in [0.29, 0.717) is 6.42 Å². The first-order chi connectivity index (χ1) is 9.54. The lowest BCUT2D eigenvalue weighted by Gasteiger charge is -2.08. The second kappa shape index (κ2) is 6.97. The lowest BCUT2D eigenvalue weighted by molar-refractivity contribution is -0.146. The van der Waals surface area contributed by atoms with Crippen molar-refractivity contribution in [1.82, 2.24) is 9.78 Å². The predicted octanol–water partition coefficient (Wildman–Crippen LogP) is 3.25. The van der Waals surface area contributed by atoms with Gasteiger partial charge in [-0.15, -0.1) is 0 Å². The van der Waals surface area contributed by atoms with Crippen LogP contribution in [-0.4, -0.2) is 31.0 Å². The molecule has 5 nitrogen and oxygen atoms in total. The Kier molecular flexibility index (Phi) is 6.06. The van der Waals surface area contributed by atoms with E-state index in [4.69, 9.17) is 15.4 Å². The first-order valence-corrected chi connectivity index (χ1v) is 8.52. The lowest BCUT2D eigenvalue weighted by Crippen LogP contribution is -2.12. The highest BCUT2D eigenvalue weighted by Crippen LogP contribution is 2.23. The summed E-state index contributed by atoms with van der Waals surface area (Å²) in [6, 6.07) is -0.0638. The fourth-order valence-electron chi connectivity index (χ4n) is 1.49. The summed E-state index contributed by atoms with van der Waals surface area (Å²) in [6.45, 7) is 2.80. The van der Waals surface area contributed by atoms with Gasteiger partial charge < -0.3 is 4.74 Å². The fraction of sp³-hybridized carbons (Fsp3) is 0.727. The SMILES string of the molecule is CC[C@H](C)n1cc(S(=O)(=O)Cl)c(COCCC(F)(F)F)n1. The standard InChI is InChI=1S/C11H16ClF3N2O3S/c1-3-8(2)17-6-10(21(12,18)19)9(16-17)7-20-5-4-11(13,14)15/h6,8H,3-5,7H2,1-2H3/t8-/m0/s1. The molecule has 0 aliphatic rings. The third-order valence-corrected chi connectivity index (χ3v) is 4.21.